The first-order chi connectivity index (χ1) is 13.2. The Balaban J connectivity index is 1.32. The monoisotopic (exact) mass is 365 g/mol. The van der Waals surface area contributed by atoms with Crippen molar-refractivity contribution in [3.05, 3.63) is 48.3 Å². The molecular weight excluding hydrogens is 342 g/mol. The molecule has 4 rings (SSSR count). The summed E-state index contributed by atoms with van der Waals surface area (Å²) in [4.78, 5) is 16.8. The summed E-state index contributed by atoms with van der Waals surface area (Å²) in [6, 6.07) is 14.0. The van der Waals surface area contributed by atoms with Gasteiger partial charge in [-0.2, -0.15) is 4.52 Å². The van der Waals surface area contributed by atoms with Crippen LogP contribution in [-0.4, -0.2) is 63.3 Å². The standard InChI is InChI=1S/C19H23N7O/c1-2-17-21-22-18-9-8-16(23-26(17)18)20-14-19(27)25-12-10-24(11-13-25)15-6-4-3-5-7-15/h3-9H,2,10-14H2,1H3,(H,20,23). The number of anilines is 2. The summed E-state index contributed by atoms with van der Waals surface area (Å²) in [5, 5.41) is 15.8. The van der Waals surface area contributed by atoms with Crippen LogP contribution in [0.25, 0.3) is 5.65 Å². The molecule has 1 aliphatic heterocycles. The molecule has 0 aliphatic carbocycles. The van der Waals surface area contributed by atoms with Gasteiger partial charge in [-0.05, 0) is 24.3 Å². The Morgan fingerprint density at radius 1 is 1.04 bits per heavy atom. The molecule has 0 unspecified atom stereocenters. The fraction of sp³-hybridized carbons (Fsp3) is 0.368. The van der Waals surface area contributed by atoms with Crippen LogP contribution in [0.5, 0.6) is 0 Å². The Kier molecular flexibility index (Phi) is 4.86. The summed E-state index contributed by atoms with van der Waals surface area (Å²) < 4.78 is 1.71. The number of nitrogens with zero attached hydrogens (tertiary/aromatic N) is 6. The Morgan fingerprint density at radius 3 is 2.56 bits per heavy atom. The highest BCUT2D eigenvalue weighted by Gasteiger charge is 2.21. The molecule has 0 spiro atoms. The third-order valence-electron chi connectivity index (χ3n) is 4.82. The maximum Gasteiger partial charge on any atom is 0.242 e. The molecular formula is C19H23N7O. The van der Waals surface area contributed by atoms with Gasteiger partial charge < -0.3 is 15.1 Å². The second-order valence-corrected chi connectivity index (χ2v) is 6.52. The highest BCUT2D eigenvalue weighted by molar-refractivity contribution is 5.81. The van der Waals surface area contributed by atoms with E-state index in [0.717, 1.165) is 38.4 Å². The molecule has 8 heteroatoms. The van der Waals surface area contributed by atoms with Crippen LogP contribution < -0.4 is 10.2 Å². The molecule has 140 valence electrons. The van der Waals surface area contributed by atoms with E-state index < -0.39 is 0 Å². The van der Waals surface area contributed by atoms with Crippen LogP contribution in [0, 0.1) is 0 Å². The summed E-state index contributed by atoms with van der Waals surface area (Å²) >= 11 is 0. The Labute approximate surface area is 157 Å². The molecule has 1 amide bonds. The van der Waals surface area contributed by atoms with Crippen LogP contribution in [0.4, 0.5) is 11.5 Å². The zero-order chi connectivity index (χ0) is 18.6. The van der Waals surface area contributed by atoms with Gasteiger partial charge in [-0.25, -0.2) is 0 Å². The average Bonchev–Trinajstić information content (AvgIpc) is 3.15. The Bertz CT molecular complexity index is 916. The summed E-state index contributed by atoms with van der Waals surface area (Å²) in [5.41, 5.74) is 1.92. The minimum Gasteiger partial charge on any atom is -0.368 e. The van der Waals surface area contributed by atoms with Gasteiger partial charge in [-0.1, -0.05) is 25.1 Å². The third kappa shape index (κ3) is 3.69. The van der Waals surface area contributed by atoms with Gasteiger partial charge in [-0.3, -0.25) is 4.79 Å². The first-order valence-corrected chi connectivity index (χ1v) is 9.27. The van der Waals surface area contributed by atoms with E-state index in [1.165, 1.54) is 5.69 Å². The molecule has 1 N–H and O–H groups in total. The van der Waals surface area contributed by atoms with Crippen molar-refractivity contribution in [2.24, 2.45) is 0 Å². The third-order valence-corrected chi connectivity index (χ3v) is 4.82. The molecule has 3 heterocycles. The maximum absolute atomic E-state index is 12.5. The van der Waals surface area contributed by atoms with Crippen LogP contribution >= 0.6 is 0 Å². The van der Waals surface area contributed by atoms with E-state index >= 15 is 0 Å². The van der Waals surface area contributed by atoms with Crippen LogP contribution in [0.15, 0.2) is 42.5 Å². The first-order valence-electron chi connectivity index (χ1n) is 9.27. The van der Waals surface area contributed by atoms with Gasteiger partial charge >= 0.3 is 0 Å². The number of hydrogen-bond donors (Lipinski definition) is 1. The lowest BCUT2D eigenvalue weighted by molar-refractivity contribution is -0.129. The van der Waals surface area contributed by atoms with Crippen molar-refractivity contribution in [3.63, 3.8) is 0 Å². The number of aryl methyl sites for hydroxylation is 1. The van der Waals surface area contributed by atoms with Gasteiger partial charge in [-0.15, -0.1) is 15.3 Å². The number of rotatable bonds is 5. The molecule has 1 saturated heterocycles. The first kappa shape index (κ1) is 17.3. The van der Waals surface area contributed by atoms with Gasteiger partial charge in [0.25, 0.3) is 0 Å². The highest BCUT2D eigenvalue weighted by atomic mass is 16.2. The molecule has 1 aliphatic rings. The molecule has 3 aromatic rings. The average molecular weight is 365 g/mol. The summed E-state index contributed by atoms with van der Waals surface area (Å²) in [6.45, 7) is 5.39. The zero-order valence-corrected chi connectivity index (χ0v) is 15.4. The quantitative estimate of drug-likeness (QED) is 0.737. The van der Waals surface area contributed by atoms with Gasteiger partial charge in [0, 0.05) is 38.3 Å². The highest BCUT2D eigenvalue weighted by Crippen LogP contribution is 2.15. The van der Waals surface area contributed by atoms with Crippen LogP contribution in [0.2, 0.25) is 0 Å². The van der Waals surface area contributed by atoms with E-state index in [2.05, 4.69) is 37.6 Å². The number of carbonyl (C=O) groups is 1. The lowest BCUT2D eigenvalue weighted by atomic mass is 10.2. The lowest BCUT2D eigenvalue weighted by Gasteiger charge is -2.36. The Morgan fingerprint density at radius 2 is 1.81 bits per heavy atom. The maximum atomic E-state index is 12.5. The minimum atomic E-state index is 0.0871. The van der Waals surface area contributed by atoms with Crippen molar-refractivity contribution in [1.82, 2.24) is 24.7 Å². The van der Waals surface area contributed by atoms with Crippen LogP contribution in [0.3, 0.4) is 0 Å². The number of piperazine rings is 1. The van der Waals surface area contributed by atoms with Crippen molar-refractivity contribution >= 4 is 23.1 Å². The number of amides is 1. The van der Waals surface area contributed by atoms with E-state index in [-0.39, 0.29) is 12.5 Å². The molecule has 27 heavy (non-hydrogen) atoms. The van der Waals surface area contributed by atoms with Crippen molar-refractivity contribution in [2.45, 2.75) is 13.3 Å². The Hall–Kier alpha value is -3.16. The smallest absolute Gasteiger partial charge is 0.242 e. The number of para-hydroxylation sites is 1. The molecule has 1 aromatic carbocycles. The number of aromatic nitrogens is 4. The summed E-state index contributed by atoms with van der Waals surface area (Å²) in [5.74, 6) is 1.54. The van der Waals surface area contributed by atoms with Crippen molar-refractivity contribution < 1.29 is 4.79 Å². The van der Waals surface area contributed by atoms with Gasteiger partial charge in [0.2, 0.25) is 5.91 Å². The molecule has 0 saturated carbocycles. The van der Waals surface area contributed by atoms with E-state index in [1.54, 1.807) is 4.52 Å². The number of nitrogens with one attached hydrogen (secondary N) is 1. The van der Waals surface area contributed by atoms with Gasteiger partial charge in [0.15, 0.2) is 11.5 Å². The number of benzene rings is 1. The molecule has 0 radical (unpaired) electrons. The summed E-state index contributed by atoms with van der Waals surface area (Å²) in [7, 11) is 0. The van der Waals surface area contributed by atoms with Crippen LogP contribution in [-0.2, 0) is 11.2 Å². The predicted molar refractivity (Wildman–Crippen MR) is 104 cm³/mol. The van der Waals surface area contributed by atoms with Gasteiger partial charge in [0.1, 0.15) is 5.82 Å². The van der Waals surface area contributed by atoms with Crippen molar-refractivity contribution in [3.8, 4) is 0 Å². The number of carbonyl (C=O) groups excluding carboxylic acids is 1. The molecule has 2 aromatic heterocycles. The fourth-order valence-corrected chi connectivity index (χ4v) is 3.28. The minimum absolute atomic E-state index is 0.0871. The topological polar surface area (TPSA) is 78.7 Å². The molecule has 8 nitrogen and oxygen atoms in total. The fourth-order valence-electron chi connectivity index (χ4n) is 3.28. The van der Waals surface area contributed by atoms with E-state index in [4.69, 9.17) is 0 Å². The van der Waals surface area contributed by atoms with Crippen molar-refractivity contribution in [2.75, 3.05) is 42.9 Å². The predicted octanol–water partition coefficient (Wildman–Crippen LogP) is 1.45. The van der Waals surface area contributed by atoms with E-state index in [0.29, 0.717) is 11.5 Å². The SMILES string of the molecule is CCc1nnc2ccc(NCC(=O)N3CCN(c4ccccc4)CC3)nn12. The van der Waals surface area contributed by atoms with E-state index in [9.17, 15) is 4.79 Å². The van der Waals surface area contributed by atoms with E-state index in [1.807, 2.05) is 42.2 Å². The summed E-state index contributed by atoms with van der Waals surface area (Å²) in [6.07, 6.45) is 0.752. The van der Waals surface area contributed by atoms with Crippen LogP contribution in [0.1, 0.15) is 12.7 Å². The second kappa shape index (κ2) is 7.61. The number of fused-ring (bicyclic) bond motifs is 1. The molecule has 1 fully saturated rings. The zero-order valence-electron chi connectivity index (χ0n) is 15.4. The second-order valence-electron chi connectivity index (χ2n) is 6.52. The lowest BCUT2D eigenvalue weighted by Crippen LogP contribution is -2.50. The largest absolute Gasteiger partial charge is 0.368 e. The van der Waals surface area contributed by atoms with Crippen molar-refractivity contribution in [1.29, 1.82) is 0 Å². The normalized spacial score (nSPS) is 14.6. The number of hydrogen-bond acceptors (Lipinski definition) is 6. The molecule has 0 atom stereocenters. The van der Waals surface area contributed by atoms with Gasteiger partial charge in [0.05, 0.1) is 6.54 Å². The molecule has 0 bridgehead atoms.